The molecule has 0 aromatic heterocycles. The van der Waals surface area contributed by atoms with Gasteiger partial charge in [-0.3, -0.25) is 0 Å². The van der Waals surface area contributed by atoms with Gasteiger partial charge in [0.25, 0.3) is 0 Å². The molecule has 0 amide bonds. The van der Waals surface area contributed by atoms with Gasteiger partial charge >= 0.3 is 118 Å². The normalized spacial score (nSPS) is 12.0. The Balaban J connectivity index is -0.00000196. The number of benzene rings is 2. The first-order valence-electron chi connectivity index (χ1n) is 6.02. The van der Waals surface area contributed by atoms with Crippen LogP contribution in [0.25, 0.3) is 10.8 Å². The molecule has 0 radical (unpaired) electrons. The summed E-state index contributed by atoms with van der Waals surface area (Å²) in [6, 6.07) is 0.193. The first-order chi connectivity index (χ1) is 11.8. The summed E-state index contributed by atoms with van der Waals surface area (Å²) in [7, 11) is -22.7. The van der Waals surface area contributed by atoms with Gasteiger partial charge in [0.1, 0.15) is 45.4 Å². The number of aromatic hydroxyl groups is 1. The molecule has 21 heteroatoms. The summed E-state index contributed by atoms with van der Waals surface area (Å²) in [6.45, 7) is 0. The van der Waals surface area contributed by atoms with E-state index in [1.807, 2.05) is 0 Å². The smallest absolute Gasteiger partial charge is 0.744 e. The topological polar surface area (TPSA) is 249 Å². The van der Waals surface area contributed by atoms with E-state index in [0.717, 1.165) is 0 Å². The molecular formula is C10H4Na4O13S4. The molecular weight excluding hydrogens is 548 g/mol. The summed E-state index contributed by atoms with van der Waals surface area (Å²) in [4.78, 5) is -6.73. The fourth-order valence-electron chi connectivity index (χ4n) is 2.17. The second kappa shape index (κ2) is 12.4. The zero-order valence-corrected chi connectivity index (χ0v) is 27.5. The molecule has 150 valence electrons. The first-order valence-corrected chi connectivity index (χ1v) is 11.7. The van der Waals surface area contributed by atoms with Gasteiger partial charge < -0.3 is 23.3 Å². The predicted octanol–water partition coefficient (Wildman–Crippen LogP) is -13.8. The molecule has 2 aromatic carbocycles. The minimum absolute atomic E-state index is 0. The van der Waals surface area contributed by atoms with Crippen LogP contribution in [-0.4, -0.2) is 57.0 Å². The van der Waals surface area contributed by atoms with Crippen LogP contribution >= 0.6 is 0 Å². The summed E-state index contributed by atoms with van der Waals surface area (Å²) < 4.78 is 135. The summed E-state index contributed by atoms with van der Waals surface area (Å²) in [5, 5.41) is 7.29. The van der Waals surface area contributed by atoms with Crippen molar-refractivity contribution in [3.63, 3.8) is 0 Å². The van der Waals surface area contributed by atoms with Gasteiger partial charge in [0.2, 0.25) is 0 Å². The van der Waals surface area contributed by atoms with E-state index in [4.69, 9.17) is 0 Å². The molecule has 0 aliphatic carbocycles. The van der Waals surface area contributed by atoms with Gasteiger partial charge in [-0.25, -0.2) is 33.7 Å². The SMILES string of the molecule is O=S(=O)([O-])c1cc(S(=O)(=O)[O-])c2cc(S(=O)(=O)[O-])c(O)c(S(=O)(=O)[O-])c2c1.[Na+].[Na+].[Na+].[Na+]. The summed E-state index contributed by atoms with van der Waals surface area (Å²) >= 11 is 0. The van der Waals surface area contributed by atoms with E-state index in [1.165, 1.54) is 0 Å². The fourth-order valence-corrected chi connectivity index (χ4v) is 4.93. The summed E-state index contributed by atoms with van der Waals surface area (Å²) in [5.74, 6) is -1.93. The maximum Gasteiger partial charge on any atom is 1.00 e. The van der Waals surface area contributed by atoms with Crippen LogP contribution < -0.4 is 118 Å². The minimum Gasteiger partial charge on any atom is -0.744 e. The van der Waals surface area contributed by atoms with Gasteiger partial charge in [0.05, 0.1) is 14.7 Å². The van der Waals surface area contributed by atoms with Crippen molar-refractivity contribution in [2.75, 3.05) is 0 Å². The van der Waals surface area contributed by atoms with E-state index in [0.29, 0.717) is 0 Å². The van der Waals surface area contributed by atoms with Crippen molar-refractivity contribution < 1.29 is 175 Å². The van der Waals surface area contributed by atoms with Crippen LogP contribution in [0.3, 0.4) is 0 Å². The molecule has 0 fully saturated rings. The summed E-state index contributed by atoms with van der Waals surface area (Å²) in [5.41, 5.74) is 0. The van der Waals surface area contributed by atoms with Crippen molar-refractivity contribution in [1.82, 2.24) is 0 Å². The Hall–Kier alpha value is 2.14. The van der Waals surface area contributed by atoms with Crippen molar-refractivity contribution in [2.45, 2.75) is 19.6 Å². The Morgan fingerprint density at radius 1 is 0.548 bits per heavy atom. The van der Waals surface area contributed by atoms with Gasteiger partial charge in [0.15, 0.2) is 5.75 Å². The third-order valence-corrected chi connectivity index (χ3v) is 6.61. The number of phenolic OH excluding ortho intramolecular Hbond substituents is 1. The molecule has 13 nitrogen and oxygen atoms in total. The van der Waals surface area contributed by atoms with Crippen molar-refractivity contribution in [3.05, 3.63) is 18.2 Å². The number of hydrogen-bond acceptors (Lipinski definition) is 13. The molecule has 31 heavy (non-hydrogen) atoms. The molecule has 0 saturated heterocycles. The van der Waals surface area contributed by atoms with Crippen LogP contribution in [0.1, 0.15) is 0 Å². The standard InChI is InChI=1S/C10H8O13S4.4Na/c11-9-8(26(18,19)20)3-5-6(10(9)27(21,22)23)1-4(24(12,13)14)2-7(5)25(15,16)17;;;;/h1-3,11H,(H,12,13,14)(H,15,16,17)(H,18,19,20)(H,21,22,23);;;;/q;4*+1/p-4. The second-order valence-electron chi connectivity index (χ2n) is 4.89. The molecule has 0 bridgehead atoms. The molecule has 0 heterocycles. The average molecular weight is 552 g/mol. The molecule has 0 spiro atoms. The van der Waals surface area contributed by atoms with Gasteiger partial charge in [-0.1, -0.05) is 0 Å². The Kier molecular flexibility index (Phi) is 15.1. The molecule has 0 aliphatic rings. The monoisotopic (exact) mass is 552 g/mol. The van der Waals surface area contributed by atoms with E-state index in [2.05, 4.69) is 0 Å². The molecule has 0 atom stereocenters. The Bertz CT molecular complexity index is 1410. The van der Waals surface area contributed by atoms with Crippen LogP contribution in [-0.2, 0) is 40.5 Å². The van der Waals surface area contributed by atoms with Crippen LogP contribution in [0.4, 0.5) is 0 Å². The van der Waals surface area contributed by atoms with E-state index in [9.17, 15) is 57.0 Å². The maximum atomic E-state index is 11.4. The van der Waals surface area contributed by atoms with Gasteiger partial charge in [-0.15, -0.1) is 0 Å². The predicted molar refractivity (Wildman–Crippen MR) is 77.5 cm³/mol. The number of fused-ring (bicyclic) bond motifs is 1. The third kappa shape index (κ3) is 8.64. The van der Waals surface area contributed by atoms with Crippen molar-refractivity contribution in [1.29, 1.82) is 0 Å². The van der Waals surface area contributed by atoms with E-state index in [-0.39, 0.29) is 136 Å². The zero-order chi connectivity index (χ0) is 21.2. The van der Waals surface area contributed by atoms with Gasteiger partial charge in [-0.05, 0) is 18.2 Å². The largest absolute Gasteiger partial charge is 1.00 e. The molecule has 1 N–H and O–H groups in total. The van der Waals surface area contributed by atoms with Gasteiger partial charge in [0, 0.05) is 10.8 Å². The molecule has 2 rings (SSSR count). The van der Waals surface area contributed by atoms with E-state index >= 15 is 0 Å². The fraction of sp³-hybridized carbons (Fsp3) is 0. The van der Waals surface area contributed by atoms with Crippen LogP contribution in [0, 0.1) is 0 Å². The minimum atomic E-state index is -5.86. The quantitative estimate of drug-likeness (QED) is 0.274. The van der Waals surface area contributed by atoms with Crippen molar-refractivity contribution in [3.8, 4) is 5.75 Å². The molecule has 0 aliphatic heterocycles. The van der Waals surface area contributed by atoms with Crippen LogP contribution in [0.15, 0.2) is 37.8 Å². The number of phenols is 1. The average Bonchev–Trinajstić information content (AvgIpc) is 2.40. The Labute approximate surface area is 265 Å². The second-order valence-corrected chi connectivity index (χ2v) is 10.3. The Morgan fingerprint density at radius 3 is 1.29 bits per heavy atom. The molecule has 0 unspecified atom stereocenters. The number of rotatable bonds is 4. The zero-order valence-electron chi connectivity index (χ0n) is 16.2. The van der Waals surface area contributed by atoms with E-state index in [1.54, 1.807) is 0 Å². The van der Waals surface area contributed by atoms with E-state index < -0.39 is 76.6 Å². The third-order valence-electron chi connectivity index (χ3n) is 3.16. The summed E-state index contributed by atoms with van der Waals surface area (Å²) in [6.07, 6.45) is 0. The van der Waals surface area contributed by atoms with Crippen molar-refractivity contribution >= 4 is 51.2 Å². The Morgan fingerprint density at radius 2 is 0.968 bits per heavy atom. The molecule has 0 saturated carbocycles. The first kappa shape index (κ1) is 37.7. The van der Waals surface area contributed by atoms with Crippen molar-refractivity contribution in [2.24, 2.45) is 0 Å². The van der Waals surface area contributed by atoms with Crippen LogP contribution in [0.2, 0.25) is 0 Å². The van der Waals surface area contributed by atoms with Gasteiger partial charge in [-0.2, -0.15) is 0 Å². The number of hydrogen-bond donors (Lipinski definition) is 1. The maximum absolute atomic E-state index is 11.4. The molecule has 2 aromatic rings. The van der Waals surface area contributed by atoms with Crippen LogP contribution in [0.5, 0.6) is 5.75 Å².